The first-order valence-electron chi connectivity index (χ1n) is 7.63. The van der Waals surface area contributed by atoms with Crippen molar-refractivity contribution in [2.45, 2.75) is 32.1 Å². The van der Waals surface area contributed by atoms with Crippen molar-refractivity contribution in [1.29, 1.82) is 0 Å². The fourth-order valence-corrected chi connectivity index (χ4v) is 2.59. The van der Waals surface area contributed by atoms with Crippen molar-refractivity contribution in [3.63, 3.8) is 0 Å². The molecule has 0 spiro atoms. The Kier molecular flexibility index (Phi) is 6.35. The molecule has 0 radical (unpaired) electrons. The van der Waals surface area contributed by atoms with Crippen LogP contribution in [0.1, 0.15) is 42.5 Å². The van der Waals surface area contributed by atoms with E-state index in [1.165, 1.54) is 0 Å². The van der Waals surface area contributed by atoms with E-state index in [1.807, 2.05) is 6.07 Å². The molecule has 122 valence electrons. The molecule has 1 heterocycles. The molecule has 0 aliphatic rings. The Bertz CT molecular complexity index is 703. The van der Waals surface area contributed by atoms with Gasteiger partial charge in [-0.05, 0) is 37.1 Å². The maximum Gasteiger partial charge on any atom is 0.303 e. The lowest BCUT2D eigenvalue weighted by Crippen LogP contribution is -2.24. The molecule has 0 atom stereocenters. The number of carboxylic acids is 1. The van der Waals surface area contributed by atoms with Crippen LogP contribution in [0.2, 0.25) is 5.02 Å². The number of carbonyl (C=O) groups is 2. The van der Waals surface area contributed by atoms with Gasteiger partial charge in [0.25, 0.3) is 5.91 Å². The Morgan fingerprint density at radius 1 is 1.13 bits per heavy atom. The molecule has 0 saturated heterocycles. The fourth-order valence-electron chi connectivity index (χ4n) is 2.37. The van der Waals surface area contributed by atoms with Crippen LogP contribution in [0, 0.1) is 0 Å². The number of rotatable bonds is 8. The maximum atomic E-state index is 12.3. The smallest absolute Gasteiger partial charge is 0.303 e. The average molecular weight is 335 g/mol. The van der Waals surface area contributed by atoms with Gasteiger partial charge in [-0.15, -0.1) is 0 Å². The van der Waals surface area contributed by atoms with Crippen molar-refractivity contribution in [2.75, 3.05) is 6.54 Å². The second kappa shape index (κ2) is 8.48. The lowest BCUT2D eigenvalue weighted by atomic mass is 10.1. The third kappa shape index (κ3) is 4.93. The largest absolute Gasteiger partial charge is 0.481 e. The van der Waals surface area contributed by atoms with E-state index in [9.17, 15) is 9.59 Å². The van der Waals surface area contributed by atoms with Crippen LogP contribution < -0.4 is 5.32 Å². The number of hydrogen-bond acceptors (Lipinski definition) is 3. The molecule has 0 aliphatic heterocycles. The summed E-state index contributed by atoms with van der Waals surface area (Å²) in [5.41, 5.74) is 1.11. The third-order valence-corrected chi connectivity index (χ3v) is 3.89. The highest BCUT2D eigenvalue weighted by atomic mass is 35.5. The number of aromatic nitrogens is 1. The van der Waals surface area contributed by atoms with Gasteiger partial charge >= 0.3 is 5.97 Å². The Balaban J connectivity index is 1.85. The number of benzene rings is 1. The number of amides is 1. The zero-order chi connectivity index (χ0) is 16.7. The molecule has 5 nitrogen and oxygen atoms in total. The summed E-state index contributed by atoms with van der Waals surface area (Å²) in [5, 5.41) is 12.8. The highest BCUT2D eigenvalue weighted by Gasteiger charge is 2.12. The van der Waals surface area contributed by atoms with Crippen LogP contribution in [-0.4, -0.2) is 28.5 Å². The molecule has 1 aromatic carbocycles. The van der Waals surface area contributed by atoms with Gasteiger partial charge in [0.15, 0.2) is 0 Å². The first-order valence-corrected chi connectivity index (χ1v) is 8.00. The van der Waals surface area contributed by atoms with Gasteiger partial charge in [-0.3, -0.25) is 14.6 Å². The fraction of sp³-hybridized carbons (Fsp3) is 0.353. The molecule has 23 heavy (non-hydrogen) atoms. The normalized spacial score (nSPS) is 10.7. The van der Waals surface area contributed by atoms with Crippen molar-refractivity contribution in [3.05, 3.63) is 41.0 Å². The van der Waals surface area contributed by atoms with E-state index < -0.39 is 5.97 Å². The average Bonchev–Trinajstić information content (AvgIpc) is 2.54. The highest BCUT2D eigenvalue weighted by molar-refractivity contribution is 6.36. The Hall–Kier alpha value is -2.14. The van der Waals surface area contributed by atoms with Crippen LogP contribution >= 0.6 is 11.6 Å². The molecule has 0 unspecified atom stereocenters. The first-order chi connectivity index (χ1) is 11.1. The predicted octanol–water partition coefficient (Wildman–Crippen LogP) is 3.65. The second-order valence-electron chi connectivity index (χ2n) is 5.31. The summed E-state index contributed by atoms with van der Waals surface area (Å²) in [6.45, 7) is 0.558. The lowest BCUT2D eigenvalue weighted by Gasteiger charge is -2.08. The number of carbonyl (C=O) groups excluding carboxylic acids is 1. The molecule has 1 aromatic heterocycles. The third-order valence-electron chi connectivity index (χ3n) is 3.56. The van der Waals surface area contributed by atoms with Crippen molar-refractivity contribution in [1.82, 2.24) is 10.3 Å². The Labute approximate surface area is 139 Å². The van der Waals surface area contributed by atoms with Gasteiger partial charge in [-0.2, -0.15) is 0 Å². The number of aliphatic carboxylic acids is 1. The number of pyridine rings is 1. The summed E-state index contributed by atoms with van der Waals surface area (Å²) < 4.78 is 0. The number of hydrogen-bond donors (Lipinski definition) is 2. The number of fused-ring (bicyclic) bond motifs is 1. The molecule has 2 rings (SSSR count). The van der Waals surface area contributed by atoms with Gasteiger partial charge in [-0.1, -0.05) is 24.4 Å². The van der Waals surface area contributed by atoms with E-state index in [-0.39, 0.29) is 12.3 Å². The van der Waals surface area contributed by atoms with Crippen LogP contribution in [0.15, 0.2) is 30.5 Å². The molecular weight excluding hydrogens is 316 g/mol. The van der Waals surface area contributed by atoms with Gasteiger partial charge in [0, 0.05) is 24.5 Å². The number of halogens is 1. The number of unbranched alkanes of at least 4 members (excludes halogenated alkanes) is 3. The van der Waals surface area contributed by atoms with Crippen molar-refractivity contribution in [2.24, 2.45) is 0 Å². The zero-order valence-corrected chi connectivity index (χ0v) is 13.5. The number of nitrogens with one attached hydrogen (secondary N) is 1. The second-order valence-corrected chi connectivity index (χ2v) is 5.72. The maximum absolute atomic E-state index is 12.3. The molecule has 2 aromatic rings. The van der Waals surface area contributed by atoms with E-state index in [0.29, 0.717) is 29.1 Å². The minimum atomic E-state index is -0.764. The van der Waals surface area contributed by atoms with E-state index in [2.05, 4.69) is 10.3 Å². The quantitative estimate of drug-likeness (QED) is 0.722. The van der Waals surface area contributed by atoms with Gasteiger partial charge in [0.1, 0.15) is 0 Å². The topological polar surface area (TPSA) is 79.3 Å². The predicted molar refractivity (Wildman–Crippen MR) is 89.8 cm³/mol. The molecule has 1 amide bonds. The molecule has 0 saturated carbocycles. The SMILES string of the molecule is O=C(O)CCCCCCNC(=O)c1ccc(Cl)c2cccnc12. The van der Waals surface area contributed by atoms with Gasteiger partial charge in [0.05, 0.1) is 16.1 Å². The Morgan fingerprint density at radius 2 is 1.91 bits per heavy atom. The standard InChI is InChI=1S/C17H19ClN2O3/c18-14-9-8-13(16-12(14)6-5-11-19-16)17(23)20-10-4-2-1-3-7-15(21)22/h5-6,8-9,11H,1-4,7,10H2,(H,20,23)(H,21,22). The Morgan fingerprint density at radius 3 is 2.70 bits per heavy atom. The summed E-state index contributed by atoms with van der Waals surface area (Å²) >= 11 is 6.12. The van der Waals surface area contributed by atoms with Gasteiger partial charge in [0.2, 0.25) is 0 Å². The molecule has 0 fully saturated rings. The molecule has 0 aliphatic carbocycles. The van der Waals surface area contributed by atoms with Crippen molar-refractivity contribution in [3.8, 4) is 0 Å². The van der Waals surface area contributed by atoms with Crippen LogP contribution in [0.3, 0.4) is 0 Å². The summed E-state index contributed by atoms with van der Waals surface area (Å²) in [6.07, 6.45) is 5.09. The minimum Gasteiger partial charge on any atom is -0.481 e. The van der Waals surface area contributed by atoms with Crippen molar-refractivity contribution < 1.29 is 14.7 Å². The molecular formula is C17H19ClN2O3. The van der Waals surface area contributed by atoms with Crippen molar-refractivity contribution >= 4 is 34.4 Å². The summed E-state index contributed by atoms with van der Waals surface area (Å²) in [7, 11) is 0. The van der Waals surface area contributed by atoms with E-state index in [1.54, 1.807) is 24.4 Å². The molecule has 2 N–H and O–H groups in total. The summed E-state index contributed by atoms with van der Waals surface area (Å²) in [4.78, 5) is 26.9. The van der Waals surface area contributed by atoms with E-state index in [0.717, 1.165) is 24.6 Å². The van der Waals surface area contributed by atoms with Crippen LogP contribution in [-0.2, 0) is 4.79 Å². The van der Waals surface area contributed by atoms with Crippen LogP contribution in [0.5, 0.6) is 0 Å². The number of nitrogens with zero attached hydrogens (tertiary/aromatic N) is 1. The zero-order valence-electron chi connectivity index (χ0n) is 12.7. The first kappa shape index (κ1) is 17.2. The molecule has 0 bridgehead atoms. The van der Waals surface area contributed by atoms with Crippen LogP contribution in [0.4, 0.5) is 0 Å². The highest BCUT2D eigenvalue weighted by Crippen LogP contribution is 2.24. The van der Waals surface area contributed by atoms with Crippen LogP contribution in [0.25, 0.3) is 10.9 Å². The molecule has 6 heteroatoms. The monoisotopic (exact) mass is 334 g/mol. The van der Waals surface area contributed by atoms with Gasteiger partial charge < -0.3 is 10.4 Å². The minimum absolute atomic E-state index is 0.170. The summed E-state index contributed by atoms with van der Waals surface area (Å²) in [6, 6.07) is 7.00. The lowest BCUT2D eigenvalue weighted by molar-refractivity contribution is -0.137. The van der Waals surface area contributed by atoms with E-state index in [4.69, 9.17) is 16.7 Å². The number of carboxylic acid groups (broad SMARTS) is 1. The summed E-state index contributed by atoms with van der Waals surface area (Å²) in [5.74, 6) is -0.934. The van der Waals surface area contributed by atoms with E-state index >= 15 is 0 Å². The van der Waals surface area contributed by atoms with Gasteiger partial charge in [-0.25, -0.2) is 0 Å².